The van der Waals surface area contributed by atoms with Crippen molar-refractivity contribution in [3.8, 4) is 17.3 Å². The van der Waals surface area contributed by atoms with Gasteiger partial charge in [0.1, 0.15) is 6.10 Å². The molecule has 1 aliphatic carbocycles. The van der Waals surface area contributed by atoms with E-state index in [1.54, 1.807) is 0 Å². The topological polar surface area (TPSA) is 63.3 Å². The van der Waals surface area contributed by atoms with Crippen molar-refractivity contribution in [2.24, 2.45) is 5.92 Å². The van der Waals surface area contributed by atoms with Crippen LogP contribution in [0, 0.1) is 5.92 Å². The van der Waals surface area contributed by atoms with Gasteiger partial charge in [-0.05, 0) is 43.9 Å². The van der Waals surface area contributed by atoms with Gasteiger partial charge in [-0.25, -0.2) is 4.98 Å². The van der Waals surface area contributed by atoms with Crippen LogP contribution in [-0.2, 0) is 4.74 Å². The summed E-state index contributed by atoms with van der Waals surface area (Å²) in [5.74, 6) is 0.596. The van der Waals surface area contributed by atoms with Crippen molar-refractivity contribution in [1.29, 1.82) is 0 Å². The summed E-state index contributed by atoms with van der Waals surface area (Å²) in [5.41, 5.74) is 4.33. The summed E-state index contributed by atoms with van der Waals surface area (Å²) in [7, 11) is 0. The Morgan fingerprint density at radius 2 is 1.84 bits per heavy atom. The maximum Gasteiger partial charge on any atom is 0.296 e. The minimum Gasteiger partial charge on any atom is -0.461 e. The van der Waals surface area contributed by atoms with Crippen LogP contribution in [0.25, 0.3) is 22.4 Å². The van der Waals surface area contributed by atoms with E-state index >= 15 is 0 Å². The molecule has 2 aromatic heterocycles. The molecule has 2 fully saturated rings. The molecule has 1 unspecified atom stereocenters. The van der Waals surface area contributed by atoms with E-state index in [0.29, 0.717) is 22.6 Å². The summed E-state index contributed by atoms with van der Waals surface area (Å²) in [6, 6.07) is 10.8. The second kappa shape index (κ2) is 9.05. The van der Waals surface area contributed by atoms with Gasteiger partial charge in [-0.15, -0.1) is 0 Å². The lowest BCUT2D eigenvalue weighted by Crippen LogP contribution is -2.36. The summed E-state index contributed by atoms with van der Waals surface area (Å²) in [4.78, 5) is 14.9. The number of aromatic nitrogens is 3. The van der Waals surface area contributed by atoms with Crippen LogP contribution in [0.1, 0.15) is 39.0 Å². The fourth-order valence-electron chi connectivity index (χ4n) is 4.68. The minimum atomic E-state index is 0.142. The third-order valence-corrected chi connectivity index (χ3v) is 6.82. The molecule has 1 atom stereocenters. The van der Waals surface area contributed by atoms with Crippen molar-refractivity contribution in [3.05, 3.63) is 35.4 Å². The smallest absolute Gasteiger partial charge is 0.296 e. The molecule has 164 valence electrons. The van der Waals surface area contributed by atoms with Crippen LogP contribution in [-0.4, -0.2) is 47.4 Å². The Morgan fingerprint density at radius 1 is 1.10 bits per heavy atom. The molecule has 3 heterocycles. The average Bonchev–Trinajstić information content (AvgIpc) is 3.20. The Morgan fingerprint density at radius 3 is 2.58 bits per heavy atom. The molecule has 5 rings (SSSR count). The number of ether oxygens (including phenoxy) is 2. The number of hydrogen-bond donors (Lipinski definition) is 1. The number of morpholine rings is 1. The van der Waals surface area contributed by atoms with E-state index in [4.69, 9.17) is 26.1 Å². The van der Waals surface area contributed by atoms with Crippen molar-refractivity contribution in [3.63, 3.8) is 0 Å². The number of fused-ring (bicyclic) bond motifs is 1. The second-order valence-electron chi connectivity index (χ2n) is 8.60. The number of hydrogen-bond acceptors (Lipinski definition) is 5. The van der Waals surface area contributed by atoms with Crippen molar-refractivity contribution in [1.82, 2.24) is 15.0 Å². The number of imidazole rings is 1. The first-order valence-corrected chi connectivity index (χ1v) is 11.7. The number of nitrogens with zero attached hydrogens (tertiary/aromatic N) is 3. The fraction of sp³-hybridized carbons (Fsp3) is 0.500. The minimum absolute atomic E-state index is 0.142. The summed E-state index contributed by atoms with van der Waals surface area (Å²) in [6.45, 7) is 5.52. The van der Waals surface area contributed by atoms with Gasteiger partial charge in [-0.2, -0.15) is 4.98 Å². The van der Waals surface area contributed by atoms with Gasteiger partial charge in [-0.3, -0.25) is 0 Å². The largest absolute Gasteiger partial charge is 0.461 e. The van der Waals surface area contributed by atoms with E-state index in [1.807, 2.05) is 6.07 Å². The monoisotopic (exact) mass is 440 g/mol. The quantitative estimate of drug-likeness (QED) is 0.570. The number of nitrogens with one attached hydrogen (secondary N) is 1. The normalized spacial score (nSPS) is 19.0. The van der Waals surface area contributed by atoms with Crippen LogP contribution in [0.15, 0.2) is 30.3 Å². The standard InChI is InChI=1S/C24H29ClN4O2/c1-16(17-5-3-2-4-6-17)31-24-26-21-15-20(25)22(27-23(21)28-24)18-7-9-19(10-8-18)29-11-13-30-14-12-29/h7-10,15-17H,2-6,11-14H2,1H3,(H,26,27,28). The van der Waals surface area contributed by atoms with Gasteiger partial charge < -0.3 is 19.4 Å². The number of benzene rings is 1. The van der Waals surface area contributed by atoms with E-state index in [9.17, 15) is 0 Å². The van der Waals surface area contributed by atoms with Gasteiger partial charge in [0.15, 0.2) is 5.65 Å². The molecular weight excluding hydrogens is 412 g/mol. The van der Waals surface area contributed by atoms with Crippen LogP contribution >= 0.6 is 11.6 Å². The van der Waals surface area contributed by atoms with Gasteiger partial charge >= 0.3 is 0 Å². The average molecular weight is 441 g/mol. The molecule has 1 saturated heterocycles. The van der Waals surface area contributed by atoms with E-state index in [0.717, 1.165) is 43.1 Å². The van der Waals surface area contributed by atoms with Crippen LogP contribution in [0.5, 0.6) is 6.01 Å². The Bertz CT molecular complexity index is 1020. The highest BCUT2D eigenvalue weighted by Gasteiger charge is 2.23. The molecule has 6 nitrogen and oxygen atoms in total. The Balaban J connectivity index is 1.35. The van der Waals surface area contributed by atoms with E-state index in [-0.39, 0.29) is 6.10 Å². The number of H-pyrrole nitrogens is 1. The van der Waals surface area contributed by atoms with E-state index in [2.05, 4.69) is 46.1 Å². The zero-order chi connectivity index (χ0) is 21.2. The lowest BCUT2D eigenvalue weighted by atomic mass is 9.86. The number of anilines is 1. The van der Waals surface area contributed by atoms with Gasteiger partial charge in [0.05, 0.1) is 29.4 Å². The molecule has 1 saturated carbocycles. The van der Waals surface area contributed by atoms with Gasteiger partial charge in [-0.1, -0.05) is 43.0 Å². The molecule has 1 N–H and O–H groups in total. The first kappa shape index (κ1) is 20.6. The highest BCUT2D eigenvalue weighted by molar-refractivity contribution is 6.33. The highest BCUT2D eigenvalue weighted by atomic mass is 35.5. The number of aromatic amines is 1. The molecule has 3 aromatic rings. The molecule has 0 bridgehead atoms. The van der Waals surface area contributed by atoms with Crippen molar-refractivity contribution in [2.75, 3.05) is 31.2 Å². The number of rotatable bonds is 5. The summed E-state index contributed by atoms with van der Waals surface area (Å²) < 4.78 is 11.6. The Labute approximate surface area is 187 Å². The molecular formula is C24H29ClN4O2. The SMILES string of the molecule is CC(Oc1nc2nc(-c3ccc(N4CCOCC4)cc3)c(Cl)cc2[nH]1)C1CCCCC1. The van der Waals surface area contributed by atoms with Crippen LogP contribution < -0.4 is 9.64 Å². The molecule has 2 aliphatic rings. The molecule has 0 spiro atoms. The van der Waals surface area contributed by atoms with Gasteiger partial charge in [0.25, 0.3) is 6.01 Å². The van der Waals surface area contributed by atoms with Crippen LogP contribution in [0.4, 0.5) is 5.69 Å². The summed E-state index contributed by atoms with van der Waals surface area (Å²) in [6.07, 6.45) is 6.54. The first-order chi connectivity index (χ1) is 15.2. The lowest BCUT2D eigenvalue weighted by Gasteiger charge is -2.28. The summed E-state index contributed by atoms with van der Waals surface area (Å²) >= 11 is 6.58. The molecule has 1 aliphatic heterocycles. The Kier molecular flexibility index (Phi) is 6.01. The van der Waals surface area contributed by atoms with Crippen molar-refractivity contribution < 1.29 is 9.47 Å². The molecule has 7 heteroatoms. The van der Waals surface area contributed by atoms with Gasteiger partial charge in [0.2, 0.25) is 0 Å². The van der Waals surface area contributed by atoms with E-state index in [1.165, 1.54) is 37.8 Å². The zero-order valence-corrected chi connectivity index (χ0v) is 18.7. The molecule has 0 radical (unpaired) electrons. The second-order valence-corrected chi connectivity index (χ2v) is 9.01. The lowest BCUT2D eigenvalue weighted by molar-refractivity contribution is 0.114. The van der Waals surface area contributed by atoms with E-state index < -0.39 is 0 Å². The molecule has 31 heavy (non-hydrogen) atoms. The van der Waals surface area contributed by atoms with Gasteiger partial charge in [0, 0.05) is 24.3 Å². The predicted octanol–water partition coefficient (Wildman–Crippen LogP) is 5.46. The number of pyridine rings is 1. The maximum absolute atomic E-state index is 6.58. The first-order valence-electron chi connectivity index (χ1n) is 11.3. The summed E-state index contributed by atoms with van der Waals surface area (Å²) in [5, 5.41) is 0.599. The highest BCUT2D eigenvalue weighted by Crippen LogP contribution is 2.32. The van der Waals surface area contributed by atoms with Crippen LogP contribution in [0.2, 0.25) is 5.02 Å². The van der Waals surface area contributed by atoms with Crippen LogP contribution in [0.3, 0.4) is 0 Å². The maximum atomic E-state index is 6.58. The van der Waals surface area contributed by atoms with Crippen molar-refractivity contribution >= 4 is 28.5 Å². The predicted molar refractivity (Wildman–Crippen MR) is 124 cm³/mol. The fourth-order valence-corrected chi connectivity index (χ4v) is 4.94. The zero-order valence-electron chi connectivity index (χ0n) is 17.9. The molecule has 1 aromatic carbocycles. The Hall–Kier alpha value is -2.31. The van der Waals surface area contributed by atoms with Crippen molar-refractivity contribution in [2.45, 2.75) is 45.1 Å². The number of halogens is 1. The third-order valence-electron chi connectivity index (χ3n) is 6.53. The third kappa shape index (κ3) is 4.51. The molecule has 0 amide bonds.